The van der Waals surface area contributed by atoms with Crippen LogP contribution in [0.2, 0.25) is 0 Å². The molecule has 5 nitrogen and oxygen atoms in total. The molecule has 0 fully saturated rings. The Morgan fingerprint density at radius 1 is 1.11 bits per heavy atom. The molecule has 19 heavy (non-hydrogen) atoms. The van der Waals surface area contributed by atoms with Crippen molar-refractivity contribution in [3.8, 4) is 0 Å². The summed E-state index contributed by atoms with van der Waals surface area (Å²) in [5.74, 6) is 6.06. The Morgan fingerprint density at radius 2 is 1.79 bits per heavy atom. The van der Waals surface area contributed by atoms with Crippen LogP contribution in [0.15, 0.2) is 42.9 Å². The van der Waals surface area contributed by atoms with E-state index < -0.39 is 0 Å². The van der Waals surface area contributed by atoms with Crippen LogP contribution >= 0.6 is 0 Å². The van der Waals surface area contributed by atoms with Crippen LogP contribution in [0.4, 0.5) is 5.82 Å². The number of hydrogen-bond donors (Lipinski definition) is 2. The number of aromatic nitrogens is 2. The summed E-state index contributed by atoms with van der Waals surface area (Å²) in [6.45, 7) is 4.92. The van der Waals surface area contributed by atoms with Crippen LogP contribution < -0.4 is 11.3 Å². The summed E-state index contributed by atoms with van der Waals surface area (Å²) in [7, 11) is 0. The molecule has 2 aromatic rings. The lowest BCUT2D eigenvalue weighted by atomic mass is 10.2. The van der Waals surface area contributed by atoms with Gasteiger partial charge in [-0.25, -0.2) is 10.8 Å². The third-order valence-electron chi connectivity index (χ3n) is 2.98. The first kappa shape index (κ1) is 13.5. The zero-order valence-electron chi connectivity index (χ0n) is 11.1. The molecule has 0 amide bonds. The first-order chi connectivity index (χ1) is 9.31. The van der Waals surface area contributed by atoms with Crippen molar-refractivity contribution in [1.82, 2.24) is 14.9 Å². The largest absolute Gasteiger partial charge is 0.308 e. The fourth-order valence-corrected chi connectivity index (χ4v) is 1.94. The van der Waals surface area contributed by atoms with E-state index in [1.807, 2.05) is 36.7 Å². The molecular formula is C14H19N5. The van der Waals surface area contributed by atoms with Gasteiger partial charge in [-0.3, -0.25) is 9.88 Å². The molecule has 0 atom stereocenters. The van der Waals surface area contributed by atoms with Gasteiger partial charge in [-0.2, -0.15) is 0 Å². The third kappa shape index (κ3) is 4.01. The zero-order valence-corrected chi connectivity index (χ0v) is 11.1. The zero-order chi connectivity index (χ0) is 13.5. The highest BCUT2D eigenvalue weighted by Gasteiger charge is 2.05. The van der Waals surface area contributed by atoms with Crippen LogP contribution in [0.25, 0.3) is 0 Å². The number of hydrazine groups is 1. The normalized spacial score (nSPS) is 10.7. The smallest absolute Gasteiger partial charge is 0.140 e. The molecular weight excluding hydrogens is 238 g/mol. The van der Waals surface area contributed by atoms with Crippen molar-refractivity contribution in [2.24, 2.45) is 5.84 Å². The lowest BCUT2D eigenvalue weighted by Crippen LogP contribution is -2.22. The van der Waals surface area contributed by atoms with Gasteiger partial charge in [0.1, 0.15) is 5.82 Å². The van der Waals surface area contributed by atoms with Crippen molar-refractivity contribution in [2.45, 2.75) is 20.0 Å². The van der Waals surface area contributed by atoms with E-state index in [-0.39, 0.29) is 0 Å². The minimum absolute atomic E-state index is 0.692. The van der Waals surface area contributed by atoms with Crippen LogP contribution in [0.1, 0.15) is 18.1 Å². The Balaban J connectivity index is 2.02. The Kier molecular flexibility index (Phi) is 4.83. The summed E-state index contributed by atoms with van der Waals surface area (Å²) >= 11 is 0. The fourth-order valence-electron chi connectivity index (χ4n) is 1.94. The first-order valence-corrected chi connectivity index (χ1v) is 6.34. The summed E-state index contributed by atoms with van der Waals surface area (Å²) in [6.07, 6.45) is 5.42. The Bertz CT molecular complexity index is 500. The minimum atomic E-state index is 0.692. The first-order valence-electron chi connectivity index (χ1n) is 6.34. The average Bonchev–Trinajstić information content (AvgIpc) is 2.48. The molecule has 0 aliphatic carbocycles. The SMILES string of the molecule is CCN(Cc1ccncc1)Cc1ccnc(NN)c1. The molecule has 0 spiro atoms. The van der Waals surface area contributed by atoms with E-state index in [0.29, 0.717) is 5.82 Å². The quantitative estimate of drug-likeness (QED) is 0.610. The molecule has 0 saturated carbocycles. The van der Waals surface area contributed by atoms with Gasteiger partial charge in [0.05, 0.1) is 0 Å². The van der Waals surface area contributed by atoms with Crippen LogP contribution in [0, 0.1) is 0 Å². The van der Waals surface area contributed by atoms with E-state index in [2.05, 4.69) is 27.2 Å². The Morgan fingerprint density at radius 3 is 2.47 bits per heavy atom. The number of nitrogens with zero attached hydrogens (tertiary/aromatic N) is 3. The number of rotatable bonds is 6. The van der Waals surface area contributed by atoms with Crippen molar-refractivity contribution in [3.05, 3.63) is 54.0 Å². The monoisotopic (exact) mass is 257 g/mol. The second-order valence-electron chi connectivity index (χ2n) is 4.35. The van der Waals surface area contributed by atoms with Crippen molar-refractivity contribution in [1.29, 1.82) is 0 Å². The minimum Gasteiger partial charge on any atom is -0.308 e. The standard InChI is InChI=1S/C14H19N5/c1-2-19(10-12-3-6-16-7-4-12)11-13-5-8-17-14(9-13)18-15/h3-9H,2,10-11,15H2,1H3,(H,17,18). The van der Waals surface area contributed by atoms with Gasteiger partial charge in [0.2, 0.25) is 0 Å². The number of anilines is 1. The van der Waals surface area contributed by atoms with Gasteiger partial charge in [-0.05, 0) is 41.9 Å². The highest BCUT2D eigenvalue weighted by atomic mass is 15.2. The molecule has 0 aliphatic heterocycles. The summed E-state index contributed by atoms with van der Waals surface area (Å²) < 4.78 is 0. The van der Waals surface area contributed by atoms with E-state index in [1.54, 1.807) is 6.20 Å². The lowest BCUT2D eigenvalue weighted by Gasteiger charge is -2.20. The van der Waals surface area contributed by atoms with Crippen molar-refractivity contribution >= 4 is 5.82 Å². The van der Waals surface area contributed by atoms with E-state index in [0.717, 1.165) is 19.6 Å². The van der Waals surface area contributed by atoms with Crippen molar-refractivity contribution in [3.63, 3.8) is 0 Å². The van der Waals surface area contributed by atoms with Gasteiger partial charge in [0.15, 0.2) is 0 Å². The molecule has 5 heteroatoms. The highest BCUT2D eigenvalue weighted by Crippen LogP contribution is 2.11. The second kappa shape index (κ2) is 6.82. The molecule has 0 radical (unpaired) electrons. The third-order valence-corrected chi connectivity index (χ3v) is 2.98. The maximum absolute atomic E-state index is 5.37. The van der Waals surface area contributed by atoms with Crippen molar-refractivity contribution < 1.29 is 0 Å². The van der Waals surface area contributed by atoms with Gasteiger partial charge >= 0.3 is 0 Å². The molecule has 0 bridgehead atoms. The summed E-state index contributed by atoms with van der Waals surface area (Å²) in [5, 5.41) is 0. The lowest BCUT2D eigenvalue weighted by molar-refractivity contribution is 0.271. The maximum atomic E-state index is 5.37. The van der Waals surface area contributed by atoms with E-state index in [1.165, 1.54) is 11.1 Å². The number of nitrogens with two attached hydrogens (primary N) is 1. The average molecular weight is 257 g/mol. The number of nitrogens with one attached hydrogen (secondary N) is 1. The predicted octanol–water partition coefficient (Wildman–Crippen LogP) is 1.78. The van der Waals surface area contributed by atoms with Crippen LogP contribution in [-0.4, -0.2) is 21.4 Å². The Hall–Kier alpha value is -1.98. The topological polar surface area (TPSA) is 67.1 Å². The van der Waals surface area contributed by atoms with Gasteiger partial charge in [-0.15, -0.1) is 0 Å². The summed E-state index contributed by atoms with van der Waals surface area (Å²) in [4.78, 5) is 10.5. The molecule has 0 unspecified atom stereocenters. The molecule has 100 valence electrons. The second-order valence-corrected chi connectivity index (χ2v) is 4.35. The molecule has 2 aromatic heterocycles. The molecule has 0 aromatic carbocycles. The maximum Gasteiger partial charge on any atom is 0.140 e. The number of hydrogen-bond acceptors (Lipinski definition) is 5. The van der Waals surface area contributed by atoms with Crippen LogP contribution in [-0.2, 0) is 13.1 Å². The molecule has 2 rings (SSSR count). The molecule has 3 N–H and O–H groups in total. The molecule has 0 aliphatic rings. The number of pyridine rings is 2. The van der Waals surface area contributed by atoms with Crippen molar-refractivity contribution in [2.75, 3.05) is 12.0 Å². The van der Waals surface area contributed by atoms with Gasteiger partial charge in [-0.1, -0.05) is 6.92 Å². The fraction of sp³-hybridized carbons (Fsp3) is 0.286. The predicted molar refractivity (Wildman–Crippen MR) is 76.1 cm³/mol. The summed E-state index contributed by atoms with van der Waals surface area (Å²) in [6, 6.07) is 8.06. The van der Waals surface area contributed by atoms with Gasteiger partial charge in [0.25, 0.3) is 0 Å². The molecule has 0 saturated heterocycles. The van der Waals surface area contributed by atoms with E-state index in [9.17, 15) is 0 Å². The van der Waals surface area contributed by atoms with E-state index >= 15 is 0 Å². The van der Waals surface area contributed by atoms with Crippen LogP contribution in [0.5, 0.6) is 0 Å². The Labute approximate surface area is 113 Å². The molecule has 2 heterocycles. The summed E-state index contributed by atoms with van der Waals surface area (Å²) in [5.41, 5.74) is 5.03. The van der Waals surface area contributed by atoms with Gasteiger partial charge in [0, 0.05) is 31.7 Å². The van der Waals surface area contributed by atoms with E-state index in [4.69, 9.17) is 5.84 Å². The number of nitrogen functional groups attached to an aromatic ring is 1. The van der Waals surface area contributed by atoms with Gasteiger partial charge < -0.3 is 5.43 Å². The highest BCUT2D eigenvalue weighted by molar-refractivity contribution is 5.35. The van der Waals surface area contributed by atoms with Crippen LogP contribution in [0.3, 0.4) is 0 Å².